The van der Waals surface area contributed by atoms with Crippen molar-refractivity contribution in [3.8, 4) is 0 Å². The summed E-state index contributed by atoms with van der Waals surface area (Å²) >= 11 is 6.15. The van der Waals surface area contributed by atoms with Gasteiger partial charge in [-0.05, 0) is 24.5 Å². The molecule has 1 amide bonds. The third-order valence-corrected chi connectivity index (χ3v) is 5.05. The monoisotopic (exact) mass is 347 g/mol. The Balaban J connectivity index is 1.66. The fourth-order valence-corrected chi connectivity index (χ4v) is 3.49. The zero-order valence-electron chi connectivity index (χ0n) is 13.7. The number of imidazole rings is 1. The average molecular weight is 348 g/mol. The number of rotatable bonds is 4. The van der Waals surface area contributed by atoms with Crippen molar-refractivity contribution in [3.63, 3.8) is 0 Å². The van der Waals surface area contributed by atoms with Gasteiger partial charge in [0, 0.05) is 43.5 Å². The Kier molecular flexibility index (Phi) is 5.21. The molecule has 1 aromatic heterocycles. The van der Waals surface area contributed by atoms with Crippen molar-refractivity contribution in [2.75, 3.05) is 13.1 Å². The van der Waals surface area contributed by atoms with Crippen molar-refractivity contribution in [2.24, 2.45) is 13.0 Å². The summed E-state index contributed by atoms with van der Waals surface area (Å²) in [7, 11) is 1.87. The van der Waals surface area contributed by atoms with Gasteiger partial charge in [-0.2, -0.15) is 0 Å². The van der Waals surface area contributed by atoms with Crippen molar-refractivity contribution >= 4 is 17.5 Å². The zero-order valence-corrected chi connectivity index (χ0v) is 14.5. The van der Waals surface area contributed by atoms with Gasteiger partial charge < -0.3 is 14.6 Å². The molecule has 0 aliphatic carbocycles. The third-order valence-electron chi connectivity index (χ3n) is 4.68. The molecule has 6 heteroatoms. The largest absolute Gasteiger partial charge is 0.385 e. The van der Waals surface area contributed by atoms with Gasteiger partial charge in [-0.25, -0.2) is 4.98 Å². The maximum atomic E-state index is 12.6. The van der Waals surface area contributed by atoms with E-state index in [1.54, 1.807) is 12.3 Å². The van der Waals surface area contributed by atoms with Gasteiger partial charge in [0.25, 0.3) is 0 Å². The number of likely N-dealkylation sites (tertiary alicyclic amines) is 1. The summed E-state index contributed by atoms with van der Waals surface area (Å²) in [5, 5.41) is 11.2. The molecule has 3 rings (SSSR count). The van der Waals surface area contributed by atoms with Crippen LogP contribution in [0.1, 0.15) is 30.3 Å². The molecule has 24 heavy (non-hydrogen) atoms. The number of amides is 1. The lowest BCUT2D eigenvalue weighted by molar-refractivity contribution is -0.133. The van der Waals surface area contributed by atoms with Gasteiger partial charge in [0.05, 0.1) is 6.42 Å². The molecule has 2 aromatic rings. The first-order valence-corrected chi connectivity index (χ1v) is 8.60. The average Bonchev–Trinajstić information content (AvgIpc) is 3.02. The van der Waals surface area contributed by atoms with Crippen molar-refractivity contribution < 1.29 is 9.90 Å². The van der Waals surface area contributed by atoms with Crippen LogP contribution in [0.2, 0.25) is 5.02 Å². The molecule has 1 fully saturated rings. The molecule has 1 N–H and O–H groups in total. The number of carbonyl (C=O) groups is 1. The van der Waals surface area contributed by atoms with Gasteiger partial charge in [-0.1, -0.05) is 29.8 Å². The Labute approximate surface area is 146 Å². The smallest absolute Gasteiger partial charge is 0.227 e. The number of halogens is 1. The SMILES string of the molecule is Cn1ccnc1C(O)C1CCCN(C(=O)Cc2ccccc2Cl)C1. The van der Waals surface area contributed by atoms with Crippen LogP contribution in [-0.4, -0.2) is 38.6 Å². The molecule has 0 spiro atoms. The molecular formula is C18H22ClN3O2. The summed E-state index contributed by atoms with van der Waals surface area (Å²) < 4.78 is 1.83. The lowest BCUT2D eigenvalue weighted by Crippen LogP contribution is -2.42. The van der Waals surface area contributed by atoms with Gasteiger partial charge in [0.15, 0.2) is 0 Å². The summed E-state index contributed by atoms with van der Waals surface area (Å²) in [4.78, 5) is 18.7. The first kappa shape index (κ1) is 17.0. The minimum absolute atomic E-state index is 0.00930. The number of nitrogens with zero attached hydrogens (tertiary/aromatic N) is 3. The highest BCUT2D eigenvalue weighted by Gasteiger charge is 2.31. The summed E-state index contributed by atoms with van der Waals surface area (Å²) in [6.07, 6.45) is 4.93. The van der Waals surface area contributed by atoms with Crippen LogP contribution in [0.25, 0.3) is 0 Å². The Hall–Kier alpha value is -1.85. The van der Waals surface area contributed by atoms with E-state index < -0.39 is 6.10 Å². The van der Waals surface area contributed by atoms with Crippen LogP contribution in [0.5, 0.6) is 0 Å². The topological polar surface area (TPSA) is 58.4 Å². The van der Waals surface area contributed by atoms with E-state index in [0.29, 0.717) is 23.8 Å². The van der Waals surface area contributed by atoms with Gasteiger partial charge >= 0.3 is 0 Å². The molecule has 0 saturated carbocycles. The summed E-state index contributed by atoms with van der Waals surface area (Å²) in [6, 6.07) is 7.42. The van der Waals surface area contributed by atoms with E-state index in [2.05, 4.69) is 4.98 Å². The second-order valence-corrected chi connectivity index (χ2v) is 6.76. The minimum Gasteiger partial charge on any atom is -0.385 e. The third kappa shape index (κ3) is 3.62. The molecule has 5 nitrogen and oxygen atoms in total. The van der Waals surface area contributed by atoms with Crippen molar-refractivity contribution in [1.82, 2.24) is 14.5 Å². The molecule has 2 heterocycles. The second kappa shape index (κ2) is 7.36. The molecule has 128 valence electrons. The number of aliphatic hydroxyl groups is 1. The fraction of sp³-hybridized carbons (Fsp3) is 0.444. The predicted molar refractivity (Wildman–Crippen MR) is 92.6 cm³/mol. The molecule has 0 bridgehead atoms. The van der Waals surface area contributed by atoms with Crippen LogP contribution in [-0.2, 0) is 18.3 Å². The van der Waals surface area contributed by atoms with Crippen LogP contribution >= 0.6 is 11.6 Å². The lowest BCUT2D eigenvalue weighted by atomic mass is 9.91. The number of aryl methyl sites for hydroxylation is 1. The second-order valence-electron chi connectivity index (χ2n) is 6.35. The van der Waals surface area contributed by atoms with Gasteiger partial charge in [-0.15, -0.1) is 0 Å². The van der Waals surface area contributed by atoms with Crippen LogP contribution in [0.3, 0.4) is 0 Å². The number of piperidine rings is 1. The van der Waals surface area contributed by atoms with E-state index in [0.717, 1.165) is 24.9 Å². The number of benzene rings is 1. The first-order chi connectivity index (χ1) is 11.6. The Morgan fingerprint density at radius 1 is 1.46 bits per heavy atom. The molecule has 1 aliphatic heterocycles. The summed E-state index contributed by atoms with van der Waals surface area (Å²) in [6.45, 7) is 1.28. The number of hydrogen-bond donors (Lipinski definition) is 1. The summed E-state index contributed by atoms with van der Waals surface area (Å²) in [5.41, 5.74) is 0.843. The Morgan fingerprint density at radius 3 is 2.96 bits per heavy atom. The fourth-order valence-electron chi connectivity index (χ4n) is 3.28. The highest BCUT2D eigenvalue weighted by molar-refractivity contribution is 6.31. The molecule has 0 radical (unpaired) electrons. The lowest BCUT2D eigenvalue weighted by Gasteiger charge is -2.35. The molecule has 1 aliphatic rings. The van der Waals surface area contributed by atoms with E-state index in [1.165, 1.54) is 0 Å². The quantitative estimate of drug-likeness (QED) is 0.924. The van der Waals surface area contributed by atoms with E-state index in [-0.39, 0.29) is 11.8 Å². The number of hydrogen-bond acceptors (Lipinski definition) is 3. The van der Waals surface area contributed by atoms with E-state index >= 15 is 0 Å². The predicted octanol–water partition coefficient (Wildman–Crippen LogP) is 2.59. The maximum absolute atomic E-state index is 12.6. The molecule has 2 atom stereocenters. The van der Waals surface area contributed by atoms with E-state index in [1.807, 2.05) is 40.9 Å². The molecule has 1 aromatic carbocycles. The van der Waals surface area contributed by atoms with Crippen molar-refractivity contribution in [1.29, 1.82) is 0 Å². The molecule has 2 unspecified atom stereocenters. The van der Waals surface area contributed by atoms with Crippen molar-refractivity contribution in [3.05, 3.63) is 53.1 Å². The number of carbonyl (C=O) groups excluding carboxylic acids is 1. The van der Waals surface area contributed by atoms with Crippen LogP contribution in [0.15, 0.2) is 36.7 Å². The standard InChI is InChI=1S/C18H22ClN3O2/c1-21-10-8-20-18(21)17(24)14-6-4-9-22(12-14)16(23)11-13-5-2-3-7-15(13)19/h2-3,5,7-8,10,14,17,24H,4,6,9,11-12H2,1H3. The zero-order chi connectivity index (χ0) is 17.1. The van der Waals surface area contributed by atoms with E-state index in [4.69, 9.17) is 11.6 Å². The maximum Gasteiger partial charge on any atom is 0.227 e. The normalized spacial score (nSPS) is 19.3. The van der Waals surface area contributed by atoms with Gasteiger partial charge in [0.1, 0.15) is 11.9 Å². The highest BCUT2D eigenvalue weighted by Crippen LogP contribution is 2.29. The number of aromatic nitrogens is 2. The van der Waals surface area contributed by atoms with Crippen LogP contribution in [0.4, 0.5) is 0 Å². The Morgan fingerprint density at radius 2 is 2.25 bits per heavy atom. The summed E-state index contributed by atoms with van der Waals surface area (Å²) in [5.74, 6) is 0.718. The number of aliphatic hydroxyl groups excluding tert-OH is 1. The van der Waals surface area contributed by atoms with Gasteiger partial charge in [0.2, 0.25) is 5.91 Å². The first-order valence-electron chi connectivity index (χ1n) is 8.22. The molecular weight excluding hydrogens is 326 g/mol. The highest BCUT2D eigenvalue weighted by atomic mass is 35.5. The van der Waals surface area contributed by atoms with Crippen LogP contribution in [0, 0.1) is 5.92 Å². The Bertz CT molecular complexity index is 716. The van der Waals surface area contributed by atoms with Gasteiger partial charge in [-0.3, -0.25) is 4.79 Å². The van der Waals surface area contributed by atoms with E-state index in [9.17, 15) is 9.90 Å². The minimum atomic E-state index is -0.652. The van der Waals surface area contributed by atoms with Crippen molar-refractivity contribution in [2.45, 2.75) is 25.4 Å². The molecule has 1 saturated heterocycles. The van der Waals surface area contributed by atoms with Crippen LogP contribution < -0.4 is 0 Å².